The molecule has 2 heteroatoms. The van der Waals surface area contributed by atoms with Gasteiger partial charge in [-0.1, -0.05) is 68.0 Å². The van der Waals surface area contributed by atoms with Crippen LogP contribution in [0, 0.1) is 0 Å². The zero-order valence-corrected chi connectivity index (χ0v) is 13.1. The summed E-state index contributed by atoms with van der Waals surface area (Å²) in [5, 5.41) is 0. The summed E-state index contributed by atoms with van der Waals surface area (Å²) in [4.78, 5) is 0. The Morgan fingerprint density at radius 3 is 2.15 bits per heavy atom. The van der Waals surface area contributed by atoms with E-state index < -0.39 is 0 Å². The van der Waals surface area contributed by atoms with Crippen molar-refractivity contribution in [2.24, 2.45) is 0 Å². The van der Waals surface area contributed by atoms with Crippen LogP contribution in [0.15, 0.2) is 36.4 Å². The van der Waals surface area contributed by atoms with Crippen molar-refractivity contribution in [1.29, 1.82) is 0 Å². The average molecular weight is 260 g/mol. The van der Waals surface area contributed by atoms with Crippen LogP contribution in [0.25, 0.3) is 11.1 Å². The Morgan fingerprint density at radius 1 is 0.950 bits per heavy atom. The van der Waals surface area contributed by atoms with Gasteiger partial charge in [-0.15, -0.1) is 0 Å². The third kappa shape index (κ3) is 1.70. The number of hydrogen-bond acceptors (Lipinski definition) is 0. The van der Waals surface area contributed by atoms with Crippen LogP contribution in [0.4, 0.5) is 0 Å². The summed E-state index contributed by atoms with van der Waals surface area (Å²) in [6.07, 6.45) is 2.36. The standard InChI is InChI=1S/C18H22B2/c1-4-18(5-2)16-10-12(19)6-8-14(16)15-9-7-13(20-3)11-17(15)18/h6-11,20H,4-5,19H2,1-3H3. The molecule has 0 aliphatic heterocycles. The second-order valence-electron chi connectivity index (χ2n) is 6.07. The Balaban J connectivity index is 2.34. The molecular weight excluding hydrogens is 238 g/mol. The molecule has 1 aliphatic rings. The molecule has 1 aliphatic carbocycles. The zero-order valence-electron chi connectivity index (χ0n) is 13.1. The highest BCUT2D eigenvalue weighted by molar-refractivity contribution is 6.52. The van der Waals surface area contributed by atoms with Crippen LogP contribution in [0.5, 0.6) is 0 Å². The van der Waals surface area contributed by atoms with E-state index in [0.29, 0.717) is 0 Å². The topological polar surface area (TPSA) is 0 Å². The fraction of sp³-hybridized carbons (Fsp3) is 0.333. The summed E-state index contributed by atoms with van der Waals surface area (Å²) in [5.41, 5.74) is 9.08. The maximum absolute atomic E-state index is 2.46. The van der Waals surface area contributed by atoms with Crippen LogP contribution in [-0.2, 0) is 5.41 Å². The Bertz CT molecular complexity index is 654. The van der Waals surface area contributed by atoms with E-state index in [-0.39, 0.29) is 5.41 Å². The minimum Gasteiger partial charge on any atom is -0.0886 e. The lowest BCUT2D eigenvalue weighted by Gasteiger charge is -2.30. The van der Waals surface area contributed by atoms with Crippen LogP contribution in [-0.4, -0.2) is 15.1 Å². The van der Waals surface area contributed by atoms with Crippen LogP contribution in [0.3, 0.4) is 0 Å². The fourth-order valence-electron chi connectivity index (χ4n) is 3.89. The van der Waals surface area contributed by atoms with Gasteiger partial charge in [-0.2, -0.15) is 0 Å². The van der Waals surface area contributed by atoms with Gasteiger partial charge in [0.05, 0.1) is 0 Å². The lowest BCUT2D eigenvalue weighted by molar-refractivity contribution is 0.491. The van der Waals surface area contributed by atoms with E-state index in [9.17, 15) is 0 Å². The van der Waals surface area contributed by atoms with E-state index in [1.807, 2.05) is 0 Å². The van der Waals surface area contributed by atoms with E-state index in [1.165, 1.54) is 34.9 Å². The van der Waals surface area contributed by atoms with Crippen molar-refractivity contribution in [1.82, 2.24) is 0 Å². The first-order valence-corrected chi connectivity index (χ1v) is 7.91. The Hall–Kier alpha value is -1.43. The van der Waals surface area contributed by atoms with E-state index in [4.69, 9.17) is 0 Å². The predicted molar refractivity (Wildman–Crippen MR) is 94.1 cm³/mol. The molecule has 0 radical (unpaired) electrons. The predicted octanol–water partition coefficient (Wildman–Crippen LogP) is 2.14. The highest BCUT2D eigenvalue weighted by Crippen LogP contribution is 2.51. The molecule has 20 heavy (non-hydrogen) atoms. The molecule has 0 nitrogen and oxygen atoms in total. The highest BCUT2D eigenvalue weighted by atomic mass is 14.4. The van der Waals surface area contributed by atoms with Crippen molar-refractivity contribution in [2.45, 2.75) is 38.9 Å². The molecule has 2 aromatic rings. The van der Waals surface area contributed by atoms with Crippen LogP contribution < -0.4 is 10.9 Å². The first kappa shape index (κ1) is 13.5. The molecule has 100 valence electrons. The lowest BCUT2D eigenvalue weighted by Crippen LogP contribution is -2.26. The number of benzene rings is 2. The molecule has 3 rings (SSSR count). The number of fused-ring (bicyclic) bond motifs is 3. The van der Waals surface area contributed by atoms with Gasteiger partial charge < -0.3 is 0 Å². The van der Waals surface area contributed by atoms with Gasteiger partial charge in [0.25, 0.3) is 0 Å². The SMILES string of the molecule is Bc1ccc2c(c1)C(CC)(CC)c1cc(BC)ccc1-2. The first-order chi connectivity index (χ1) is 9.66. The van der Waals surface area contributed by atoms with Gasteiger partial charge in [-0.3, -0.25) is 0 Å². The molecule has 0 saturated heterocycles. The molecule has 0 saturated carbocycles. The molecule has 0 fully saturated rings. The van der Waals surface area contributed by atoms with Crippen LogP contribution >= 0.6 is 0 Å². The maximum atomic E-state index is 2.46. The van der Waals surface area contributed by atoms with E-state index in [0.717, 1.165) is 7.28 Å². The molecule has 0 unspecified atom stereocenters. The summed E-state index contributed by atoms with van der Waals surface area (Å²) in [6, 6.07) is 14.1. The van der Waals surface area contributed by atoms with Crippen molar-refractivity contribution in [3.63, 3.8) is 0 Å². The average Bonchev–Trinajstić information content (AvgIpc) is 2.76. The molecule has 0 aromatic heterocycles. The van der Waals surface area contributed by atoms with Crippen LogP contribution in [0.1, 0.15) is 37.8 Å². The molecule has 0 atom stereocenters. The maximum Gasteiger partial charge on any atom is 0.154 e. The highest BCUT2D eigenvalue weighted by Gasteiger charge is 2.40. The molecule has 2 aromatic carbocycles. The summed E-state index contributed by atoms with van der Waals surface area (Å²) in [7, 11) is 3.32. The Morgan fingerprint density at radius 2 is 1.55 bits per heavy atom. The number of hydrogen-bond donors (Lipinski definition) is 0. The van der Waals surface area contributed by atoms with Gasteiger partial charge in [0.2, 0.25) is 0 Å². The monoisotopic (exact) mass is 260 g/mol. The molecule has 0 amide bonds. The second-order valence-corrected chi connectivity index (χ2v) is 6.07. The van der Waals surface area contributed by atoms with Crippen molar-refractivity contribution in [2.75, 3.05) is 0 Å². The van der Waals surface area contributed by atoms with Crippen molar-refractivity contribution >= 4 is 26.1 Å². The zero-order chi connectivity index (χ0) is 14.3. The van der Waals surface area contributed by atoms with Gasteiger partial charge in [-0.05, 0) is 35.1 Å². The Labute approximate surface area is 124 Å². The fourth-order valence-corrected chi connectivity index (χ4v) is 3.89. The third-order valence-electron chi connectivity index (χ3n) is 5.20. The summed E-state index contributed by atoms with van der Waals surface area (Å²) >= 11 is 0. The second kappa shape index (κ2) is 4.84. The number of rotatable bonds is 3. The Kier molecular flexibility index (Phi) is 3.28. The molecular formula is C18H22B2. The van der Waals surface area contributed by atoms with Gasteiger partial charge in [0.1, 0.15) is 7.85 Å². The van der Waals surface area contributed by atoms with Crippen molar-refractivity contribution < 1.29 is 0 Å². The quantitative estimate of drug-likeness (QED) is 0.742. The summed E-state index contributed by atoms with van der Waals surface area (Å²) in [5.74, 6) is 0. The van der Waals surface area contributed by atoms with E-state index in [2.05, 4.69) is 64.9 Å². The normalized spacial score (nSPS) is 14.8. The van der Waals surface area contributed by atoms with Crippen molar-refractivity contribution in [3.8, 4) is 11.1 Å². The minimum atomic E-state index is 0.224. The van der Waals surface area contributed by atoms with E-state index in [1.54, 1.807) is 11.1 Å². The van der Waals surface area contributed by atoms with Gasteiger partial charge >= 0.3 is 0 Å². The third-order valence-corrected chi connectivity index (χ3v) is 5.20. The van der Waals surface area contributed by atoms with Gasteiger partial charge in [0.15, 0.2) is 7.28 Å². The summed E-state index contributed by atoms with van der Waals surface area (Å²) < 4.78 is 0. The largest absolute Gasteiger partial charge is 0.154 e. The lowest BCUT2D eigenvalue weighted by atomic mass is 9.68. The molecule has 0 heterocycles. The summed E-state index contributed by atoms with van der Waals surface area (Å²) in [6.45, 7) is 6.92. The molecule has 0 bridgehead atoms. The van der Waals surface area contributed by atoms with Gasteiger partial charge in [-0.25, -0.2) is 0 Å². The first-order valence-electron chi connectivity index (χ1n) is 7.91. The smallest absolute Gasteiger partial charge is 0.0886 e. The molecule has 0 spiro atoms. The van der Waals surface area contributed by atoms with E-state index >= 15 is 0 Å². The molecule has 0 N–H and O–H groups in total. The van der Waals surface area contributed by atoms with Crippen LogP contribution in [0.2, 0.25) is 6.82 Å². The van der Waals surface area contributed by atoms with Gasteiger partial charge in [0, 0.05) is 5.41 Å². The van der Waals surface area contributed by atoms with Crippen molar-refractivity contribution in [3.05, 3.63) is 47.5 Å². The minimum absolute atomic E-state index is 0.224.